The quantitative estimate of drug-likeness (QED) is 0.616. The molecule has 7 heteroatoms. The Bertz CT molecular complexity index is 827. The second-order valence-electron chi connectivity index (χ2n) is 6.09. The number of Topliss-reactive ketones (excluding diaryl/α,β-unsaturated/α-hetero) is 1. The molecule has 0 N–H and O–H groups in total. The van der Waals surface area contributed by atoms with E-state index in [1.54, 1.807) is 45.5 Å². The molecule has 0 unspecified atom stereocenters. The summed E-state index contributed by atoms with van der Waals surface area (Å²) in [5.74, 6) is -1.91. The fourth-order valence-electron chi connectivity index (χ4n) is 2.77. The molecule has 2 rings (SSSR count). The van der Waals surface area contributed by atoms with Crippen molar-refractivity contribution in [3.05, 3.63) is 41.0 Å². The van der Waals surface area contributed by atoms with Gasteiger partial charge in [-0.15, -0.1) is 0 Å². The minimum atomic E-state index is -0.723. The van der Waals surface area contributed by atoms with Crippen LogP contribution in [0.4, 0.5) is 10.1 Å². The van der Waals surface area contributed by atoms with Crippen LogP contribution >= 0.6 is 0 Å². The number of carbonyl (C=O) groups is 2. The smallest absolute Gasteiger partial charge is 0.299 e. The Balaban J connectivity index is 2.45. The van der Waals surface area contributed by atoms with Crippen LogP contribution in [-0.2, 0) is 11.8 Å². The minimum absolute atomic E-state index is 0.0742. The molecule has 1 heterocycles. The summed E-state index contributed by atoms with van der Waals surface area (Å²) in [6.07, 6.45) is 0. The number of rotatable bonds is 5. The summed E-state index contributed by atoms with van der Waals surface area (Å²) in [5, 5.41) is 4.18. The monoisotopic (exact) mass is 347 g/mol. The van der Waals surface area contributed by atoms with Crippen molar-refractivity contribution in [1.82, 2.24) is 9.78 Å². The maximum Gasteiger partial charge on any atom is 0.299 e. The molecule has 25 heavy (non-hydrogen) atoms. The van der Waals surface area contributed by atoms with Gasteiger partial charge in [-0.1, -0.05) is 0 Å². The third-order valence-electron chi connectivity index (χ3n) is 4.08. The van der Waals surface area contributed by atoms with Crippen molar-refractivity contribution in [1.29, 1.82) is 0 Å². The largest absolute Gasteiger partial charge is 0.494 e. The zero-order chi connectivity index (χ0) is 18.9. The van der Waals surface area contributed by atoms with E-state index in [2.05, 4.69) is 5.10 Å². The Morgan fingerprint density at radius 3 is 2.36 bits per heavy atom. The van der Waals surface area contributed by atoms with E-state index < -0.39 is 17.5 Å². The maximum absolute atomic E-state index is 14.0. The van der Waals surface area contributed by atoms with Gasteiger partial charge in [-0.2, -0.15) is 5.10 Å². The van der Waals surface area contributed by atoms with Gasteiger partial charge in [0.1, 0.15) is 0 Å². The zero-order valence-corrected chi connectivity index (χ0v) is 15.3. The predicted molar refractivity (Wildman–Crippen MR) is 92.6 cm³/mol. The fourth-order valence-corrected chi connectivity index (χ4v) is 2.77. The van der Waals surface area contributed by atoms with Gasteiger partial charge in [0.05, 0.1) is 18.4 Å². The van der Waals surface area contributed by atoms with Gasteiger partial charge in [-0.05, 0) is 39.8 Å². The number of aryl methyl sites for hydroxylation is 2. The molecular formula is C18H22FN3O3. The molecule has 0 saturated carbocycles. The van der Waals surface area contributed by atoms with Crippen molar-refractivity contribution in [2.24, 2.45) is 7.05 Å². The molecule has 2 aromatic rings. The summed E-state index contributed by atoms with van der Waals surface area (Å²) in [4.78, 5) is 26.9. The predicted octanol–water partition coefficient (Wildman–Crippen LogP) is 2.81. The van der Waals surface area contributed by atoms with Crippen LogP contribution in [0.3, 0.4) is 0 Å². The molecule has 0 aliphatic rings. The van der Waals surface area contributed by atoms with E-state index in [1.807, 2.05) is 0 Å². The highest BCUT2D eigenvalue weighted by Crippen LogP contribution is 2.26. The molecule has 1 amide bonds. The van der Waals surface area contributed by atoms with Gasteiger partial charge >= 0.3 is 0 Å². The molecule has 134 valence electrons. The topological polar surface area (TPSA) is 64.4 Å². The van der Waals surface area contributed by atoms with Crippen molar-refractivity contribution in [2.75, 3.05) is 12.0 Å². The van der Waals surface area contributed by atoms with Gasteiger partial charge in [0, 0.05) is 30.5 Å². The van der Waals surface area contributed by atoms with E-state index in [0.717, 1.165) is 0 Å². The van der Waals surface area contributed by atoms with E-state index in [0.29, 0.717) is 17.1 Å². The number of benzene rings is 1. The minimum Gasteiger partial charge on any atom is -0.494 e. The van der Waals surface area contributed by atoms with Crippen molar-refractivity contribution < 1.29 is 18.7 Å². The van der Waals surface area contributed by atoms with Gasteiger partial charge in [0.25, 0.3) is 11.7 Å². The van der Waals surface area contributed by atoms with Crippen LogP contribution in [0.2, 0.25) is 0 Å². The molecule has 0 saturated heterocycles. The first-order chi connectivity index (χ1) is 11.7. The molecule has 6 nitrogen and oxygen atoms in total. The maximum atomic E-state index is 14.0. The fraction of sp³-hybridized carbons (Fsp3) is 0.389. The third kappa shape index (κ3) is 3.40. The summed E-state index contributed by atoms with van der Waals surface area (Å²) < 4.78 is 20.5. The van der Waals surface area contributed by atoms with Crippen molar-refractivity contribution in [2.45, 2.75) is 33.7 Å². The Hall–Kier alpha value is -2.70. The second kappa shape index (κ2) is 7.04. The summed E-state index contributed by atoms with van der Waals surface area (Å²) in [7, 11) is 3.07. The number of methoxy groups -OCH3 is 1. The van der Waals surface area contributed by atoms with Crippen LogP contribution in [0.25, 0.3) is 0 Å². The van der Waals surface area contributed by atoms with Gasteiger partial charge in [-0.3, -0.25) is 14.3 Å². The highest BCUT2D eigenvalue weighted by Gasteiger charge is 2.30. The molecule has 0 bridgehead atoms. The highest BCUT2D eigenvalue weighted by molar-refractivity contribution is 6.47. The van der Waals surface area contributed by atoms with Gasteiger partial charge in [-0.25, -0.2) is 4.39 Å². The summed E-state index contributed by atoms with van der Waals surface area (Å²) in [6.45, 7) is 6.93. The van der Waals surface area contributed by atoms with Crippen LogP contribution < -0.4 is 9.64 Å². The van der Waals surface area contributed by atoms with Crippen LogP contribution in [-0.4, -0.2) is 34.6 Å². The second-order valence-corrected chi connectivity index (χ2v) is 6.09. The first kappa shape index (κ1) is 18.6. The lowest BCUT2D eigenvalue weighted by molar-refractivity contribution is -0.115. The molecule has 0 aliphatic carbocycles. The number of halogens is 1. The molecular weight excluding hydrogens is 325 g/mol. The number of carbonyl (C=O) groups excluding carboxylic acids is 2. The zero-order valence-electron chi connectivity index (χ0n) is 15.3. The summed E-state index contributed by atoms with van der Waals surface area (Å²) >= 11 is 0. The first-order valence-electron chi connectivity index (χ1n) is 7.90. The Labute approximate surface area is 146 Å². The van der Waals surface area contributed by atoms with E-state index in [-0.39, 0.29) is 17.4 Å². The Morgan fingerprint density at radius 2 is 1.92 bits per heavy atom. The van der Waals surface area contributed by atoms with E-state index in [9.17, 15) is 14.0 Å². The van der Waals surface area contributed by atoms with Crippen LogP contribution in [0, 0.1) is 19.7 Å². The highest BCUT2D eigenvalue weighted by atomic mass is 19.1. The average molecular weight is 347 g/mol. The molecule has 0 radical (unpaired) electrons. The lowest BCUT2D eigenvalue weighted by Crippen LogP contribution is -2.42. The third-order valence-corrected chi connectivity index (χ3v) is 4.08. The molecule has 0 fully saturated rings. The average Bonchev–Trinajstić information content (AvgIpc) is 2.79. The normalized spacial score (nSPS) is 10.9. The van der Waals surface area contributed by atoms with Crippen LogP contribution in [0.5, 0.6) is 5.75 Å². The summed E-state index contributed by atoms with van der Waals surface area (Å²) in [6, 6.07) is 3.84. The summed E-state index contributed by atoms with van der Waals surface area (Å²) in [5.41, 5.74) is 1.68. The number of ether oxygens (including phenoxy) is 1. The van der Waals surface area contributed by atoms with E-state index in [1.165, 1.54) is 24.1 Å². The molecule has 0 aliphatic heterocycles. The standard InChI is InChI=1S/C18H22FN3O3/c1-10(2)22(13-7-8-15(25-6)14(19)9-13)18(24)17(23)16-11(3)20-21(5)12(16)4/h7-10H,1-6H3. The molecule has 0 atom stereocenters. The van der Waals surface area contributed by atoms with Crippen molar-refractivity contribution in [3.8, 4) is 5.75 Å². The number of amides is 1. The van der Waals surface area contributed by atoms with E-state index in [4.69, 9.17) is 4.74 Å². The lowest BCUT2D eigenvalue weighted by atomic mass is 10.1. The Morgan fingerprint density at radius 1 is 1.28 bits per heavy atom. The number of hydrogen-bond acceptors (Lipinski definition) is 4. The Kier molecular flexibility index (Phi) is 5.25. The van der Waals surface area contributed by atoms with Gasteiger partial charge in [0.2, 0.25) is 0 Å². The van der Waals surface area contributed by atoms with Crippen LogP contribution in [0.1, 0.15) is 35.6 Å². The number of nitrogens with zero attached hydrogens (tertiary/aromatic N) is 3. The lowest BCUT2D eigenvalue weighted by Gasteiger charge is -2.26. The molecule has 1 aromatic heterocycles. The number of hydrogen-bond donors (Lipinski definition) is 0. The van der Waals surface area contributed by atoms with Crippen molar-refractivity contribution in [3.63, 3.8) is 0 Å². The van der Waals surface area contributed by atoms with Gasteiger partial charge < -0.3 is 9.64 Å². The van der Waals surface area contributed by atoms with E-state index >= 15 is 0 Å². The van der Waals surface area contributed by atoms with Crippen LogP contribution in [0.15, 0.2) is 18.2 Å². The number of ketones is 1. The molecule has 1 aromatic carbocycles. The SMILES string of the molecule is COc1ccc(N(C(=O)C(=O)c2c(C)nn(C)c2C)C(C)C)cc1F. The van der Waals surface area contributed by atoms with Crippen molar-refractivity contribution >= 4 is 17.4 Å². The number of anilines is 1. The number of aromatic nitrogens is 2. The molecule has 0 spiro atoms. The van der Waals surface area contributed by atoms with Gasteiger partial charge in [0.15, 0.2) is 11.6 Å². The first-order valence-corrected chi connectivity index (χ1v) is 7.90.